The number of aromatic nitrogens is 1. The number of nitrogens with two attached hydrogens (primary N) is 1. The number of carbonyl (C=O) groups excluding carboxylic acids is 1. The lowest BCUT2D eigenvalue weighted by molar-refractivity contribution is -0.137. The van der Waals surface area contributed by atoms with E-state index in [-0.39, 0.29) is 18.1 Å². The number of hydrogen-bond donors (Lipinski definition) is 2. The fraction of sp³-hybridized carbons (Fsp3) is 0.333. The summed E-state index contributed by atoms with van der Waals surface area (Å²) in [6.45, 7) is 1.86. The van der Waals surface area contributed by atoms with Gasteiger partial charge in [-0.2, -0.15) is 13.2 Å². The first kappa shape index (κ1) is 22.6. The zero-order valence-electron chi connectivity index (χ0n) is 16.7. The lowest BCUT2D eigenvalue weighted by Crippen LogP contribution is -2.26. The third-order valence-corrected chi connectivity index (χ3v) is 4.46. The van der Waals surface area contributed by atoms with E-state index in [0.29, 0.717) is 49.8 Å². The van der Waals surface area contributed by atoms with Crippen molar-refractivity contribution in [3.05, 3.63) is 77.4 Å². The van der Waals surface area contributed by atoms with Crippen LogP contribution in [0.4, 0.5) is 13.2 Å². The van der Waals surface area contributed by atoms with E-state index < -0.39 is 11.7 Å². The van der Waals surface area contributed by atoms with Crippen molar-refractivity contribution in [1.29, 1.82) is 0 Å². The number of oxazole rings is 1. The van der Waals surface area contributed by atoms with Crippen molar-refractivity contribution in [1.82, 2.24) is 15.2 Å². The summed E-state index contributed by atoms with van der Waals surface area (Å²) in [7, 11) is 0. The van der Waals surface area contributed by atoms with Gasteiger partial charge in [-0.1, -0.05) is 12.1 Å². The van der Waals surface area contributed by atoms with Crippen LogP contribution in [0.25, 0.3) is 0 Å². The molecule has 0 aliphatic rings. The van der Waals surface area contributed by atoms with Crippen LogP contribution in [0.2, 0.25) is 0 Å². The third kappa shape index (κ3) is 6.69. The van der Waals surface area contributed by atoms with E-state index in [1.54, 1.807) is 18.4 Å². The maximum Gasteiger partial charge on any atom is 0.416 e. The highest BCUT2D eigenvalue weighted by Crippen LogP contribution is 2.29. The third-order valence-electron chi connectivity index (χ3n) is 4.46. The highest BCUT2D eigenvalue weighted by molar-refractivity contribution is 5.91. The van der Waals surface area contributed by atoms with Crippen molar-refractivity contribution in [2.75, 3.05) is 13.1 Å². The summed E-state index contributed by atoms with van der Waals surface area (Å²) < 4.78 is 49.2. The van der Waals surface area contributed by atoms with Gasteiger partial charge in [-0.05, 0) is 42.8 Å². The Labute approximate surface area is 177 Å². The van der Waals surface area contributed by atoms with Crippen molar-refractivity contribution >= 4 is 5.91 Å². The zero-order valence-corrected chi connectivity index (χ0v) is 16.7. The smallest absolute Gasteiger partial charge is 0.416 e. The molecule has 3 N–H and O–H groups in total. The number of nitrogens with zero attached hydrogens (tertiary/aromatic N) is 2. The topological polar surface area (TPSA) is 97.5 Å². The number of amides is 1. The van der Waals surface area contributed by atoms with E-state index in [0.717, 1.165) is 12.1 Å². The summed E-state index contributed by atoms with van der Waals surface area (Å²) in [6, 6.07) is 8.52. The minimum absolute atomic E-state index is 0.152. The van der Waals surface area contributed by atoms with Crippen LogP contribution in [0.3, 0.4) is 0 Å². The van der Waals surface area contributed by atoms with Gasteiger partial charge in [0.05, 0.1) is 24.9 Å². The maximum absolute atomic E-state index is 12.8. The predicted molar refractivity (Wildman–Crippen MR) is 106 cm³/mol. The predicted octanol–water partition coefficient (Wildman–Crippen LogP) is 3.57. The van der Waals surface area contributed by atoms with Crippen LogP contribution >= 0.6 is 0 Å². The second kappa shape index (κ2) is 10.3. The first-order valence-corrected chi connectivity index (χ1v) is 9.68. The van der Waals surface area contributed by atoms with Crippen molar-refractivity contribution in [3.8, 4) is 0 Å². The van der Waals surface area contributed by atoms with Crippen molar-refractivity contribution < 1.29 is 26.8 Å². The molecular weight excluding hydrogens is 413 g/mol. The number of nitrogens with one attached hydrogen (secondary N) is 1. The van der Waals surface area contributed by atoms with Gasteiger partial charge < -0.3 is 19.9 Å². The van der Waals surface area contributed by atoms with Gasteiger partial charge in [-0.15, -0.1) is 0 Å². The van der Waals surface area contributed by atoms with Crippen LogP contribution in [0.15, 0.2) is 57.8 Å². The molecule has 7 nitrogen and oxygen atoms in total. The van der Waals surface area contributed by atoms with Gasteiger partial charge in [0.15, 0.2) is 5.69 Å². The average molecular weight is 436 g/mol. The van der Waals surface area contributed by atoms with Crippen LogP contribution in [0.1, 0.15) is 39.7 Å². The molecule has 0 aliphatic heterocycles. The Morgan fingerprint density at radius 3 is 2.52 bits per heavy atom. The molecule has 0 radical (unpaired) electrons. The van der Waals surface area contributed by atoms with Crippen LogP contribution < -0.4 is 11.1 Å². The first-order chi connectivity index (χ1) is 14.8. The largest absolute Gasteiger partial charge is 0.468 e. The van der Waals surface area contributed by atoms with E-state index in [1.165, 1.54) is 18.4 Å². The molecule has 0 spiro atoms. The van der Waals surface area contributed by atoms with E-state index >= 15 is 0 Å². The second-order valence-corrected chi connectivity index (χ2v) is 6.94. The Balaban J connectivity index is 1.69. The average Bonchev–Trinajstić information content (AvgIpc) is 3.40. The molecule has 3 rings (SSSR count). The minimum Gasteiger partial charge on any atom is -0.468 e. The fourth-order valence-corrected chi connectivity index (χ4v) is 2.92. The Hall–Kier alpha value is -3.11. The van der Waals surface area contributed by atoms with Gasteiger partial charge in [0.25, 0.3) is 5.91 Å². The number of carbonyl (C=O) groups is 1. The Bertz CT molecular complexity index is 953. The summed E-state index contributed by atoms with van der Waals surface area (Å²) in [5, 5.41) is 2.70. The molecule has 0 saturated heterocycles. The molecule has 2 aromatic heterocycles. The van der Waals surface area contributed by atoms with E-state index in [4.69, 9.17) is 14.6 Å². The standard InChI is InChI=1S/C21H23F3N4O3/c22-21(23,24)16-6-4-15(5-7-16)11-28(12-17-3-1-10-30-17)13-19-27-18(14-31-19)20(29)26-9-2-8-25/h1,3-7,10,14H,2,8-9,11-13,25H2,(H,26,29). The summed E-state index contributed by atoms with van der Waals surface area (Å²) in [6.07, 6.45) is -0.914. The van der Waals surface area contributed by atoms with Gasteiger partial charge in [0.1, 0.15) is 12.0 Å². The molecule has 0 bridgehead atoms. The summed E-state index contributed by atoms with van der Waals surface area (Å²) in [5.41, 5.74) is 5.54. The van der Waals surface area contributed by atoms with Gasteiger partial charge in [0, 0.05) is 13.1 Å². The molecule has 2 heterocycles. The van der Waals surface area contributed by atoms with Crippen molar-refractivity contribution in [3.63, 3.8) is 0 Å². The molecule has 31 heavy (non-hydrogen) atoms. The molecule has 3 aromatic rings. The minimum atomic E-state index is -4.38. The quantitative estimate of drug-likeness (QED) is 0.472. The van der Waals surface area contributed by atoms with Crippen LogP contribution in [-0.2, 0) is 25.8 Å². The highest BCUT2D eigenvalue weighted by Gasteiger charge is 2.30. The first-order valence-electron chi connectivity index (χ1n) is 9.68. The number of rotatable bonds is 10. The fourth-order valence-electron chi connectivity index (χ4n) is 2.92. The lowest BCUT2D eigenvalue weighted by atomic mass is 10.1. The molecule has 0 saturated carbocycles. The maximum atomic E-state index is 12.8. The number of alkyl halides is 3. The molecule has 0 fully saturated rings. The molecule has 1 aromatic carbocycles. The summed E-state index contributed by atoms with van der Waals surface area (Å²) in [4.78, 5) is 18.2. The van der Waals surface area contributed by atoms with Gasteiger partial charge in [0.2, 0.25) is 5.89 Å². The normalized spacial score (nSPS) is 11.8. The Morgan fingerprint density at radius 1 is 1.10 bits per heavy atom. The zero-order chi connectivity index (χ0) is 22.3. The molecule has 1 amide bonds. The highest BCUT2D eigenvalue weighted by atomic mass is 19.4. The number of hydrogen-bond acceptors (Lipinski definition) is 6. The molecular formula is C21H23F3N4O3. The molecule has 0 aliphatic carbocycles. The van der Waals surface area contributed by atoms with Crippen molar-refractivity contribution in [2.24, 2.45) is 5.73 Å². The summed E-state index contributed by atoms with van der Waals surface area (Å²) in [5.74, 6) is 0.629. The molecule has 0 unspecified atom stereocenters. The monoisotopic (exact) mass is 436 g/mol. The SMILES string of the molecule is NCCCNC(=O)c1coc(CN(Cc2ccc(C(F)(F)F)cc2)Cc2ccco2)n1. The number of furan rings is 1. The van der Waals surface area contributed by atoms with E-state index in [1.807, 2.05) is 4.90 Å². The summed E-state index contributed by atoms with van der Waals surface area (Å²) >= 11 is 0. The van der Waals surface area contributed by atoms with Crippen molar-refractivity contribution in [2.45, 2.75) is 32.2 Å². The van der Waals surface area contributed by atoms with E-state index in [9.17, 15) is 18.0 Å². The Morgan fingerprint density at radius 2 is 1.87 bits per heavy atom. The van der Waals surface area contributed by atoms with Crippen LogP contribution in [-0.4, -0.2) is 28.9 Å². The van der Waals surface area contributed by atoms with Gasteiger partial charge >= 0.3 is 6.18 Å². The van der Waals surface area contributed by atoms with Gasteiger partial charge in [-0.3, -0.25) is 9.69 Å². The van der Waals surface area contributed by atoms with Gasteiger partial charge in [-0.25, -0.2) is 4.98 Å². The molecule has 10 heteroatoms. The molecule has 166 valence electrons. The number of benzene rings is 1. The second-order valence-electron chi connectivity index (χ2n) is 6.94. The number of halogens is 3. The molecule has 0 atom stereocenters. The van der Waals surface area contributed by atoms with E-state index in [2.05, 4.69) is 10.3 Å². The van der Waals surface area contributed by atoms with Crippen LogP contribution in [0, 0.1) is 0 Å². The lowest BCUT2D eigenvalue weighted by Gasteiger charge is -2.20. The Kier molecular flexibility index (Phi) is 7.48. The van der Waals surface area contributed by atoms with Crippen LogP contribution in [0.5, 0.6) is 0 Å².